The van der Waals surface area contributed by atoms with Gasteiger partial charge in [0.15, 0.2) is 11.5 Å². The van der Waals surface area contributed by atoms with Crippen molar-refractivity contribution in [2.45, 2.75) is 27.2 Å². The van der Waals surface area contributed by atoms with Crippen molar-refractivity contribution in [1.82, 2.24) is 9.97 Å². The number of aromatic nitrogens is 2. The van der Waals surface area contributed by atoms with Crippen molar-refractivity contribution >= 4 is 34.4 Å². The van der Waals surface area contributed by atoms with Gasteiger partial charge in [-0.25, -0.2) is 4.98 Å². The van der Waals surface area contributed by atoms with Crippen molar-refractivity contribution in [1.29, 1.82) is 0 Å². The van der Waals surface area contributed by atoms with Gasteiger partial charge >= 0.3 is 0 Å². The molecule has 0 saturated heterocycles. The molecule has 1 aromatic heterocycles. The van der Waals surface area contributed by atoms with Crippen LogP contribution in [0.1, 0.15) is 31.9 Å². The van der Waals surface area contributed by atoms with Crippen LogP contribution in [0.15, 0.2) is 12.3 Å². The van der Waals surface area contributed by atoms with Gasteiger partial charge in [0.05, 0.1) is 23.4 Å². The average molecular weight is 458 g/mol. The summed E-state index contributed by atoms with van der Waals surface area (Å²) in [4.78, 5) is 8.05. The van der Waals surface area contributed by atoms with E-state index in [-0.39, 0.29) is 5.95 Å². The first kappa shape index (κ1) is 19.4. The molecule has 0 aliphatic heterocycles. The summed E-state index contributed by atoms with van der Waals surface area (Å²) in [5.41, 5.74) is 13.3. The van der Waals surface area contributed by atoms with Gasteiger partial charge in [0.2, 0.25) is 11.7 Å². The minimum atomic E-state index is 0.160. The van der Waals surface area contributed by atoms with Gasteiger partial charge in [0.1, 0.15) is 5.82 Å². The summed E-state index contributed by atoms with van der Waals surface area (Å²) in [5.74, 6) is 2.49. The van der Waals surface area contributed by atoms with Crippen LogP contribution in [0.2, 0.25) is 0 Å². The summed E-state index contributed by atoms with van der Waals surface area (Å²) >= 11 is 2.25. The summed E-state index contributed by atoms with van der Waals surface area (Å²) in [7, 11) is 0. The third-order valence-electron chi connectivity index (χ3n) is 3.39. The number of hydrogen-bond acceptors (Lipinski definition) is 7. The predicted octanol–water partition coefficient (Wildman–Crippen LogP) is 3.03. The van der Waals surface area contributed by atoms with Crippen molar-refractivity contribution < 1.29 is 14.2 Å². The summed E-state index contributed by atoms with van der Waals surface area (Å²) in [5, 5.41) is 0. The van der Waals surface area contributed by atoms with E-state index in [0.717, 1.165) is 14.7 Å². The van der Waals surface area contributed by atoms with Crippen LogP contribution in [0.3, 0.4) is 0 Å². The molecule has 1 heterocycles. The number of benzene rings is 1. The standard InChI is InChI=1S/C17H23IN4O3/c1-4-23-12-8-10(7-11-9-21-17(20)22-16(11)19)13(18)15(25-6-3)14(12)24-5-2/h8-9H,4-7H2,1-3H3,(H4,19,20,21,22). The third-order valence-corrected chi connectivity index (χ3v) is 4.57. The molecule has 0 amide bonds. The zero-order chi connectivity index (χ0) is 18.4. The molecule has 25 heavy (non-hydrogen) atoms. The van der Waals surface area contributed by atoms with Crippen LogP contribution in [0, 0.1) is 3.57 Å². The summed E-state index contributed by atoms with van der Waals surface area (Å²) in [6.45, 7) is 7.37. The van der Waals surface area contributed by atoms with Crippen molar-refractivity contribution in [3.63, 3.8) is 0 Å². The van der Waals surface area contributed by atoms with Crippen molar-refractivity contribution in [3.05, 3.63) is 27.0 Å². The molecule has 7 nitrogen and oxygen atoms in total. The molecular weight excluding hydrogens is 435 g/mol. The van der Waals surface area contributed by atoms with E-state index in [0.29, 0.717) is 49.3 Å². The van der Waals surface area contributed by atoms with Gasteiger partial charge in [-0.1, -0.05) is 0 Å². The second-order valence-electron chi connectivity index (χ2n) is 5.12. The van der Waals surface area contributed by atoms with E-state index in [1.165, 1.54) is 0 Å². The van der Waals surface area contributed by atoms with Crippen LogP contribution in [0.5, 0.6) is 17.2 Å². The maximum Gasteiger partial charge on any atom is 0.221 e. The number of nitrogens with zero attached hydrogens (tertiary/aromatic N) is 2. The van der Waals surface area contributed by atoms with E-state index in [1.54, 1.807) is 6.20 Å². The Balaban J connectivity index is 2.52. The van der Waals surface area contributed by atoms with Crippen LogP contribution in [0.4, 0.5) is 11.8 Å². The first-order chi connectivity index (χ1) is 12.0. The number of hydrogen-bond donors (Lipinski definition) is 2. The van der Waals surface area contributed by atoms with Crippen molar-refractivity contribution in [3.8, 4) is 17.2 Å². The smallest absolute Gasteiger partial charge is 0.221 e. The Labute approximate surface area is 161 Å². The molecule has 2 rings (SSSR count). The summed E-state index contributed by atoms with van der Waals surface area (Å²) in [6, 6.07) is 1.95. The quantitative estimate of drug-likeness (QED) is 0.586. The topological polar surface area (TPSA) is 106 Å². The van der Waals surface area contributed by atoms with Gasteiger partial charge < -0.3 is 25.7 Å². The Morgan fingerprint density at radius 1 is 0.960 bits per heavy atom. The van der Waals surface area contributed by atoms with Crippen LogP contribution < -0.4 is 25.7 Å². The Bertz CT molecular complexity index is 740. The molecule has 8 heteroatoms. The average Bonchev–Trinajstić information content (AvgIpc) is 2.57. The van der Waals surface area contributed by atoms with Crippen LogP contribution >= 0.6 is 22.6 Å². The molecule has 0 bridgehead atoms. The lowest BCUT2D eigenvalue weighted by Gasteiger charge is -2.19. The highest BCUT2D eigenvalue weighted by Crippen LogP contribution is 2.44. The van der Waals surface area contributed by atoms with Gasteiger partial charge in [-0.15, -0.1) is 0 Å². The Morgan fingerprint density at radius 3 is 2.20 bits per heavy atom. The lowest BCUT2D eigenvalue weighted by Crippen LogP contribution is -2.08. The molecule has 0 spiro atoms. The summed E-state index contributed by atoms with van der Waals surface area (Å²) < 4.78 is 18.3. The molecule has 0 aliphatic rings. The lowest BCUT2D eigenvalue weighted by molar-refractivity contribution is 0.259. The maximum absolute atomic E-state index is 5.97. The lowest BCUT2D eigenvalue weighted by atomic mass is 10.1. The Morgan fingerprint density at radius 2 is 1.60 bits per heavy atom. The van der Waals surface area contributed by atoms with E-state index in [9.17, 15) is 0 Å². The zero-order valence-electron chi connectivity index (χ0n) is 14.6. The highest BCUT2D eigenvalue weighted by molar-refractivity contribution is 14.1. The van der Waals surface area contributed by atoms with Gasteiger partial charge in [-0.05, 0) is 55.0 Å². The fourth-order valence-corrected chi connectivity index (χ4v) is 3.11. The largest absolute Gasteiger partial charge is 0.490 e. The highest BCUT2D eigenvalue weighted by Gasteiger charge is 2.21. The Kier molecular flexibility index (Phi) is 6.91. The molecule has 0 saturated carbocycles. The second kappa shape index (κ2) is 8.93. The molecule has 0 radical (unpaired) electrons. The van der Waals surface area contributed by atoms with E-state index in [4.69, 9.17) is 25.7 Å². The van der Waals surface area contributed by atoms with Gasteiger partial charge in [-0.3, -0.25) is 0 Å². The monoisotopic (exact) mass is 458 g/mol. The van der Waals surface area contributed by atoms with Crippen LogP contribution in [-0.4, -0.2) is 29.8 Å². The molecule has 2 aromatic rings. The maximum atomic E-state index is 5.97. The van der Waals surface area contributed by atoms with Crippen LogP contribution in [0.25, 0.3) is 0 Å². The molecular formula is C17H23IN4O3. The summed E-state index contributed by atoms with van der Waals surface area (Å²) in [6.07, 6.45) is 2.18. The van der Waals surface area contributed by atoms with Crippen molar-refractivity contribution in [2.75, 3.05) is 31.3 Å². The minimum absolute atomic E-state index is 0.160. The second-order valence-corrected chi connectivity index (χ2v) is 6.20. The number of anilines is 2. The fourth-order valence-electron chi connectivity index (χ4n) is 2.37. The number of ether oxygens (including phenoxy) is 3. The first-order valence-corrected chi connectivity index (χ1v) is 9.20. The normalized spacial score (nSPS) is 10.6. The first-order valence-electron chi connectivity index (χ1n) is 8.12. The molecule has 0 unspecified atom stereocenters. The minimum Gasteiger partial charge on any atom is -0.490 e. The predicted molar refractivity (Wildman–Crippen MR) is 106 cm³/mol. The molecule has 0 aliphatic carbocycles. The molecule has 1 aromatic carbocycles. The van der Waals surface area contributed by atoms with E-state index in [2.05, 4.69) is 32.6 Å². The van der Waals surface area contributed by atoms with Gasteiger partial charge in [0, 0.05) is 18.2 Å². The van der Waals surface area contributed by atoms with Crippen molar-refractivity contribution in [2.24, 2.45) is 0 Å². The number of nitrogens with two attached hydrogens (primary N) is 2. The number of nitrogen functional groups attached to an aromatic ring is 2. The zero-order valence-corrected chi connectivity index (χ0v) is 16.8. The fraction of sp³-hybridized carbons (Fsp3) is 0.412. The Hall–Kier alpha value is -1.97. The van der Waals surface area contributed by atoms with E-state index < -0.39 is 0 Å². The van der Waals surface area contributed by atoms with Gasteiger partial charge in [-0.2, -0.15) is 4.98 Å². The van der Waals surface area contributed by atoms with E-state index in [1.807, 2.05) is 26.8 Å². The number of rotatable bonds is 8. The molecule has 4 N–H and O–H groups in total. The molecule has 0 fully saturated rings. The third kappa shape index (κ3) is 4.56. The van der Waals surface area contributed by atoms with Crippen LogP contribution in [-0.2, 0) is 6.42 Å². The van der Waals surface area contributed by atoms with E-state index >= 15 is 0 Å². The van der Waals surface area contributed by atoms with Gasteiger partial charge in [0.25, 0.3) is 0 Å². The molecule has 136 valence electrons. The number of halogens is 1. The SMILES string of the molecule is CCOc1cc(Cc2cnc(N)nc2N)c(I)c(OCC)c1OCC. The molecule has 0 atom stereocenters. The highest BCUT2D eigenvalue weighted by atomic mass is 127.